The van der Waals surface area contributed by atoms with Crippen LogP contribution in [0.5, 0.6) is 0 Å². The van der Waals surface area contributed by atoms with Gasteiger partial charge in [0.2, 0.25) is 0 Å². The number of rotatable bonds is 6. The van der Waals surface area contributed by atoms with Crippen molar-refractivity contribution in [2.75, 3.05) is 26.9 Å². The zero-order valence-corrected chi connectivity index (χ0v) is 13.0. The summed E-state index contributed by atoms with van der Waals surface area (Å²) in [5.74, 6) is 0.488. The largest absolute Gasteiger partial charge is 0.383 e. The lowest BCUT2D eigenvalue weighted by Crippen LogP contribution is -2.40. The number of aliphatic imine (C=N–C) groups is 1. The minimum atomic E-state index is 0. The van der Waals surface area contributed by atoms with Gasteiger partial charge in [0.05, 0.1) is 12.7 Å². The summed E-state index contributed by atoms with van der Waals surface area (Å²) in [6, 6.07) is 0.191. The van der Waals surface area contributed by atoms with Crippen molar-refractivity contribution in [2.45, 2.75) is 38.3 Å². The van der Waals surface area contributed by atoms with Gasteiger partial charge in [-0.15, -0.1) is 24.0 Å². The highest BCUT2D eigenvalue weighted by Crippen LogP contribution is 2.14. The second-order valence-corrected chi connectivity index (χ2v) is 4.19. The highest BCUT2D eigenvalue weighted by atomic mass is 127. The Morgan fingerprint density at radius 2 is 2.41 bits per heavy atom. The molecule has 0 aromatic heterocycles. The van der Waals surface area contributed by atoms with Crippen LogP contribution in [0, 0.1) is 0 Å². The van der Waals surface area contributed by atoms with Gasteiger partial charge < -0.3 is 20.5 Å². The molecular formula is C11H24IN3O2. The van der Waals surface area contributed by atoms with E-state index in [0.29, 0.717) is 18.7 Å². The van der Waals surface area contributed by atoms with Gasteiger partial charge >= 0.3 is 0 Å². The second kappa shape index (κ2) is 9.90. The molecule has 1 saturated heterocycles. The molecular weight excluding hydrogens is 333 g/mol. The predicted octanol–water partition coefficient (Wildman–Crippen LogP) is 1.11. The predicted molar refractivity (Wildman–Crippen MR) is 80.0 cm³/mol. The first-order valence-electron chi connectivity index (χ1n) is 5.89. The van der Waals surface area contributed by atoms with E-state index >= 15 is 0 Å². The van der Waals surface area contributed by atoms with Gasteiger partial charge in [-0.25, -0.2) is 0 Å². The van der Waals surface area contributed by atoms with Crippen LogP contribution in [0.25, 0.3) is 0 Å². The summed E-state index contributed by atoms with van der Waals surface area (Å²) in [4.78, 5) is 4.26. The molecule has 2 unspecified atom stereocenters. The first-order valence-corrected chi connectivity index (χ1v) is 5.89. The minimum Gasteiger partial charge on any atom is -0.383 e. The molecule has 0 radical (unpaired) electrons. The average molecular weight is 357 g/mol. The third kappa shape index (κ3) is 7.77. The summed E-state index contributed by atoms with van der Waals surface area (Å²) < 4.78 is 10.5. The molecule has 0 amide bonds. The van der Waals surface area contributed by atoms with Gasteiger partial charge in [0, 0.05) is 26.3 Å². The molecule has 0 aliphatic carbocycles. The van der Waals surface area contributed by atoms with Crippen LogP contribution < -0.4 is 11.1 Å². The molecule has 1 aliphatic heterocycles. The van der Waals surface area contributed by atoms with E-state index in [1.54, 1.807) is 7.11 Å². The third-order valence-electron chi connectivity index (χ3n) is 2.57. The SMILES string of the molecule is COCC(C)NC(N)=NCCC1CCCO1.I. The van der Waals surface area contributed by atoms with Gasteiger partial charge in [0.1, 0.15) is 0 Å². The number of methoxy groups -OCH3 is 1. The van der Waals surface area contributed by atoms with Gasteiger partial charge in [-0.3, -0.25) is 4.99 Å². The molecule has 17 heavy (non-hydrogen) atoms. The number of guanidine groups is 1. The molecule has 1 heterocycles. The lowest BCUT2D eigenvalue weighted by molar-refractivity contribution is 0.106. The first kappa shape index (κ1) is 16.9. The van der Waals surface area contributed by atoms with E-state index in [4.69, 9.17) is 15.2 Å². The van der Waals surface area contributed by atoms with Crippen molar-refractivity contribution in [3.63, 3.8) is 0 Å². The van der Waals surface area contributed by atoms with E-state index in [1.807, 2.05) is 6.92 Å². The van der Waals surface area contributed by atoms with Crippen LogP contribution in [0.2, 0.25) is 0 Å². The Morgan fingerprint density at radius 3 is 3.00 bits per heavy atom. The Bertz CT molecular complexity index is 221. The normalized spacial score (nSPS) is 22.0. The van der Waals surface area contributed by atoms with Gasteiger partial charge in [0.15, 0.2) is 5.96 Å². The summed E-state index contributed by atoms with van der Waals surface area (Å²) >= 11 is 0. The van der Waals surface area contributed by atoms with Crippen LogP contribution >= 0.6 is 24.0 Å². The van der Waals surface area contributed by atoms with E-state index in [1.165, 1.54) is 6.42 Å². The molecule has 3 N–H and O–H groups in total. The molecule has 0 spiro atoms. The van der Waals surface area contributed by atoms with E-state index < -0.39 is 0 Å². The Labute approximate surface area is 121 Å². The molecule has 2 atom stereocenters. The molecule has 0 aromatic carbocycles. The van der Waals surface area contributed by atoms with Gasteiger partial charge in [-0.05, 0) is 26.2 Å². The third-order valence-corrected chi connectivity index (χ3v) is 2.57. The fourth-order valence-electron chi connectivity index (χ4n) is 1.79. The topological polar surface area (TPSA) is 68.9 Å². The van der Waals surface area contributed by atoms with Crippen LogP contribution in [-0.2, 0) is 9.47 Å². The minimum absolute atomic E-state index is 0. The smallest absolute Gasteiger partial charge is 0.188 e. The maximum absolute atomic E-state index is 5.73. The van der Waals surface area contributed by atoms with E-state index in [2.05, 4.69) is 10.3 Å². The Morgan fingerprint density at radius 1 is 1.65 bits per heavy atom. The Balaban J connectivity index is 0.00000256. The summed E-state index contributed by atoms with van der Waals surface area (Å²) in [5, 5.41) is 3.07. The van der Waals surface area contributed by atoms with Crippen LogP contribution in [0.15, 0.2) is 4.99 Å². The van der Waals surface area contributed by atoms with Crippen molar-refractivity contribution in [3.05, 3.63) is 0 Å². The molecule has 1 fully saturated rings. The Kier molecular flexibility index (Phi) is 9.85. The van der Waals surface area contributed by atoms with E-state index in [9.17, 15) is 0 Å². The van der Waals surface area contributed by atoms with Crippen LogP contribution in [0.3, 0.4) is 0 Å². The molecule has 1 aliphatic rings. The molecule has 0 bridgehead atoms. The zero-order chi connectivity index (χ0) is 11.8. The molecule has 1 rings (SSSR count). The van der Waals surface area contributed by atoms with E-state index in [0.717, 1.165) is 26.0 Å². The van der Waals surface area contributed by atoms with Crippen molar-refractivity contribution >= 4 is 29.9 Å². The molecule has 0 saturated carbocycles. The summed E-state index contributed by atoms with van der Waals surface area (Å²) in [5.41, 5.74) is 5.73. The molecule has 0 aromatic rings. The summed E-state index contributed by atoms with van der Waals surface area (Å²) in [6.07, 6.45) is 3.67. The summed E-state index contributed by atoms with van der Waals surface area (Å²) in [6.45, 7) is 4.25. The molecule has 102 valence electrons. The monoisotopic (exact) mass is 357 g/mol. The quantitative estimate of drug-likeness (QED) is 0.425. The van der Waals surface area contributed by atoms with Crippen molar-refractivity contribution in [2.24, 2.45) is 10.7 Å². The number of nitrogens with one attached hydrogen (secondary N) is 1. The fraction of sp³-hybridized carbons (Fsp3) is 0.909. The van der Waals surface area contributed by atoms with Crippen molar-refractivity contribution in [1.82, 2.24) is 5.32 Å². The standard InChI is InChI=1S/C11H23N3O2.HI/c1-9(8-15-2)14-11(12)13-6-5-10-4-3-7-16-10;/h9-10H,3-8H2,1-2H3,(H3,12,13,14);1H. The molecule has 6 heteroatoms. The highest BCUT2D eigenvalue weighted by Gasteiger charge is 2.14. The first-order chi connectivity index (χ1) is 7.72. The number of halogens is 1. The van der Waals surface area contributed by atoms with Crippen LogP contribution in [0.4, 0.5) is 0 Å². The van der Waals surface area contributed by atoms with Gasteiger partial charge in [0.25, 0.3) is 0 Å². The number of ether oxygens (including phenoxy) is 2. The number of hydrogen-bond donors (Lipinski definition) is 2. The number of hydrogen-bond acceptors (Lipinski definition) is 3. The summed E-state index contributed by atoms with van der Waals surface area (Å²) in [7, 11) is 1.67. The average Bonchev–Trinajstić information content (AvgIpc) is 2.70. The van der Waals surface area contributed by atoms with Crippen LogP contribution in [0.1, 0.15) is 26.2 Å². The highest BCUT2D eigenvalue weighted by molar-refractivity contribution is 14.0. The van der Waals surface area contributed by atoms with Crippen molar-refractivity contribution in [1.29, 1.82) is 0 Å². The lowest BCUT2D eigenvalue weighted by Gasteiger charge is -2.13. The van der Waals surface area contributed by atoms with Gasteiger partial charge in [-0.2, -0.15) is 0 Å². The maximum Gasteiger partial charge on any atom is 0.188 e. The van der Waals surface area contributed by atoms with Crippen molar-refractivity contribution < 1.29 is 9.47 Å². The number of nitrogens with zero attached hydrogens (tertiary/aromatic N) is 1. The van der Waals surface area contributed by atoms with E-state index in [-0.39, 0.29) is 30.0 Å². The Hall–Kier alpha value is -0.0800. The lowest BCUT2D eigenvalue weighted by atomic mass is 10.2. The number of nitrogens with two attached hydrogens (primary N) is 1. The molecule has 5 nitrogen and oxygen atoms in total. The second-order valence-electron chi connectivity index (χ2n) is 4.19. The van der Waals surface area contributed by atoms with Crippen molar-refractivity contribution in [3.8, 4) is 0 Å². The van der Waals surface area contributed by atoms with Crippen LogP contribution in [-0.4, -0.2) is 45.0 Å². The fourth-order valence-corrected chi connectivity index (χ4v) is 1.79. The maximum atomic E-state index is 5.73. The van der Waals surface area contributed by atoms with Gasteiger partial charge in [-0.1, -0.05) is 0 Å². The zero-order valence-electron chi connectivity index (χ0n) is 10.6.